The summed E-state index contributed by atoms with van der Waals surface area (Å²) >= 11 is 1.40. The van der Waals surface area contributed by atoms with Crippen LogP contribution in [0.25, 0.3) is 16.7 Å². The Morgan fingerprint density at radius 3 is 2.59 bits per heavy atom. The van der Waals surface area contributed by atoms with E-state index in [0.29, 0.717) is 10.4 Å². The number of fused-ring (bicyclic) bond motifs is 2. The summed E-state index contributed by atoms with van der Waals surface area (Å²) in [6, 6.07) is 10.4. The van der Waals surface area contributed by atoms with Crippen molar-refractivity contribution in [1.82, 2.24) is 14.5 Å². The summed E-state index contributed by atoms with van der Waals surface area (Å²) in [5.74, 6) is 1.17. The lowest BCUT2D eigenvalue weighted by Crippen LogP contribution is -2.34. The number of hydrogen-bond donors (Lipinski definition) is 0. The number of halogens is 3. The van der Waals surface area contributed by atoms with E-state index in [9.17, 15) is 13.2 Å². The highest BCUT2D eigenvalue weighted by atomic mass is 32.2. The number of nitrogens with zero attached hydrogens (tertiary/aromatic N) is 3. The fraction of sp³-hybridized carbons (Fsp3) is 0.409. The van der Waals surface area contributed by atoms with E-state index in [1.165, 1.54) is 23.9 Å². The van der Waals surface area contributed by atoms with Crippen LogP contribution >= 0.6 is 11.8 Å². The number of para-hydroxylation sites is 1. The van der Waals surface area contributed by atoms with E-state index in [2.05, 4.69) is 16.4 Å². The zero-order valence-electron chi connectivity index (χ0n) is 16.2. The molecule has 0 amide bonds. The van der Waals surface area contributed by atoms with Crippen LogP contribution in [-0.4, -0.2) is 34.1 Å². The molecule has 0 unspecified atom stereocenters. The molecule has 0 spiro atoms. The predicted molar refractivity (Wildman–Crippen MR) is 109 cm³/mol. The van der Waals surface area contributed by atoms with Gasteiger partial charge in [-0.05, 0) is 63.2 Å². The Balaban J connectivity index is 1.66. The van der Waals surface area contributed by atoms with Gasteiger partial charge in [-0.15, -0.1) is 0 Å². The third kappa shape index (κ3) is 3.24. The normalized spacial score (nSPS) is 17.7. The number of rotatable bonds is 3. The lowest BCUT2D eigenvalue weighted by Gasteiger charge is -2.32. The largest absolute Gasteiger partial charge is 0.416 e. The highest BCUT2D eigenvalue weighted by Crippen LogP contribution is 2.47. The van der Waals surface area contributed by atoms with Gasteiger partial charge in [-0.2, -0.15) is 13.2 Å². The van der Waals surface area contributed by atoms with Crippen molar-refractivity contribution in [2.75, 3.05) is 19.6 Å². The van der Waals surface area contributed by atoms with Crippen LogP contribution < -0.4 is 0 Å². The van der Waals surface area contributed by atoms with Gasteiger partial charge in [0.1, 0.15) is 5.82 Å². The average molecular weight is 418 g/mol. The third-order valence-electron chi connectivity index (χ3n) is 5.89. The number of aromatic nitrogens is 2. The van der Waals surface area contributed by atoms with E-state index in [-0.39, 0.29) is 5.92 Å². The van der Waals surface area contributed by atoms with Crippen LogP contribution in [0.5, 0.6) is 0 Å². The maximum absolute atomic E-state index is 13.5. The average Bonchev–Trinajstić information content (AvgIpc) is 3.09. The Morgan fingerprint density at radius 2 is 1.86 bits per heavy atom. The molecule has 3 heterocycles. The zero-order valence-corrected chi connectivity index (χ0v) is 17.0. The first-order valence-electron chi connectivity index (χ1n) is 10.1. The van der Waals surface area contributed by atoms with Crippen LogP contribution in [0.2, 0.25) is 0 Å². The smallest absolute Gasteiger partial charge is 0.303 e. The molecule has 29 heavy (non-hydrogen) atoms. The maximum atomic E-state index is 13.5. The summed E-state index contributed by atoms with van der Waals surface area (Å²) in [5, 5.41) is 0. The highest BCUT2D eigenvalue weighted by molar-refractivity contribution is 7.99. The standard InChI is InChI=1S/C22H22F3N3S/c1-2-9-27-10-7-14(8-11-27)21-26-16-12-15(22(23,24)25)13-19-20(16)28(21)17-5-3-4-6-18(17)29-19/h3-6,12-14H,2,7-11H2,1H3. The second-order valence-electron chi connectivity index (χ2n) is 7.83. The van der Waals surface area contributed by atoms with Crippen molar-refractivity contribution in [2.45, 2.75) is 48.1 Å². The molecule has 5 rings (SSSR count). The van der Waals surface area contributed by atoms with Crippen molar-refractivity contribution in [1.29, 1.82) is 0 Å². The molecule has 0 saturated carbocycles. The molecule has 3 nitrogen and oxygen atoms in total. The van der Waals surface area contributed by atoms with Gasteiger partial charge in [0.2, 0.25) is 0 Å². The highest BCUT2D eigenvalue weighted by Gasteiger charge is 2.35. The Labute approximate surface area is 171 Å². The Kier molecular flexibility index (Phi) is 4.62. The number of hydrogen-bond acceptors (Lipinski definition) is 3. The van der Waals surface area contributed by atoms with Crippen LogP contribution in [-0.2, 0) is 6.18 Å². The number of likely N-dealkylation sites (tertiary alicyclic amines) is 1. The second kappa shape index (κ2) is 7.06. The molecular weight excluding hydrogens is 395 g/mol. The molecule has 1 aromatic heterocycles. The molecule has 0 aliphatic carbocycles. The van der Waals surface area contributed by atoms with Gasteiger partial charge in [-0.3, -0.25) is 4.57 Å². The Hall–Kier alpha value is -1.99. The summed E-state index contributed by atoms with van der Waals surface area (Å²) in [4.78, 5) is 8.86. The van der Waals surface area contributed by atoms with Crippen LogP contribution in [0.3, 0.4) is 0 Å². The monoisotopic (exact) mass is 417 g/mol. The minimum absolute atomic E-state index is 0.258. The van der Waals surface area contributed by atoms with Crippen molar-refractivity contribution in [3.05, 3.63) is 47.8 Å². The zero-order chi connectivity index (χ0) is 20.2. The minimum Gasteiger partial charge on any atom is -0.303 e. The predicted octanol–water partition coefficient (Wildman–Crippen LogP) is 6.10. The molecule has 2 aliphatic heterocycles. The van der Waals surface area contributed by atoms with Gasteiger partial charge >= 0.3 is 6.18 Å². The first kappa shape index (κ1) is 19.0. The lowest BCUT2D eigenvalue weighted by molar-refractivity contribution is -0.137. The Bertz CT molecular complexity index is 1070. The SMILES string of the molecule is CCCN1CCC(c2nc3cc(C(F)(F)F)cc4c3n2-c2ccccc2S4)CC1. The van der Waals surface area contributed by atoms with Crippen molar-refractivity contribution in [3.63, 3.8) is 0 Å². The number of benzene rings is 2. The van der Waals surface area contributed by atoms with Crippen molar-refractivity contribution in [3.8, 4) is 5.69 Å². The van der Waals surface area contributed by atoms with Crippen LogP contribution in [0, 0.1) is 0 Å². The van der Waals surface area contributed by atoms with Gasteiger partial charge in [0.25, 0.3) is 0 Å². The summed E-state index contributed by atoms with van der Waals surface area (Å²) in [5.41, 5.74) is 1.66. The third-order valence-corrected chi connectivity index (χ3v) is 6.98. The van der Waals surface area contributed by atoms with E-state index >= 15 is 0 Å². The van der Waals surface area contributed by atoms with Gasteiger partial charge in [0, 0.05) is 15.7 Å². The van der Waals surface area contributed by atoms with E-state index in [0.717, 1.165) is 60.8 Å². The van der Waals surface area contributed by atoms with Gasteiger partial charge in [0.05, 0.1) is 22.3 Å². The van der Waals surface area contributed by atoms with Crippen LogP contribution in [0.4, 0.5) is 13.2 Å². The molecular formula is C22H22F3N3S. The number of alkyl halides is 3. The number of piperidine rings is 1. The molecule has 1 fully saturated rings. The van der Waals surface area contributed by atoms with E-state index in [4.69, 9.17) is 4.98 Å². The van der Waals surface area contributed by atoms with E-state index in [1.54, 1.807) is 0 Å². The fourth-order valence-electron chi connectivity index (χ4n) is 4.53. The fourth-order valence-corrected chi connectivity index (χ4v) is 5.65. The lowest BCUT2D eigenvalue weighted by atomic mass is 9.95. The summed E-state index contributed by atoms with van der Waals surface area (Å²) in [6.07, 6.45) is -1.27. The first-order chi connectivity index (χ1) is 14.0. The second-order valence-corrected chi connectivity index (χ2v) is 8.91. The van der Waals surface area contributed by atoms with Gasteiger partial charge in [-0.25, -0.2) is 4.98 Å². The quantitative estimate of drug-likeness (QED) is 0.402. The van der Waals surface area contributed by atoms with Crippen molar-refractivity contribution < 1.29 is 13.2 Å². The first-order valence-corrected chi connectivity index (χ1v) is 10.9. The van der Waals surface area contributed by atoms with Crippen molar-refractivity contribution >= 4 is 22.8 Å². The molecule has 2 aliphatic rings. The molecule has 1 saturated heterocycles. The van der Waals surface area contributed by atoms with Crippen LogP contribution in [0.15, 0.2) is 46.2 Å². The Morgan fingerprint density at radius 1 is 1.10 bits per heavy atom. The molecule has 2 aromatic carbocycles. The van der Waals surface area contributed by atoms with Crippen molar-refractivity contribution in [2.24, 2.45) is 0 Å². The number of imidazole rings is 1. The molecule has 7 heteroatoms. The molecule has 3 aromatic rings. The molecule has 0 N–H and O–H groups in total. The maximum Gasteiger partial charge on any atom is 0.416 e. The van der Waals surface area contributed by atoms with Gasteiger partial charge in [-0.1, -0.05) is 30.8 Å². The summed E-state index contributed by atoms with van der Waals surface area (Å²) < 4.78 is 42.5. The van der Waals surface area contributed by atoms with Gasteiger partial charge < -0.3 is 4.90 Å². The molecule has 0 atom stereocenters. The minimum atomic E-state index is -4.38. The van der Waals surface area contributed by atoms with Gasteiger partial charge in [0.15, 0.2) is 0 Å². The molecule has 152 valence electrons. The summed E-state index contributed by atoms with van der Waals surface area (Å²) in [7, 11) is 0. The van der Waals surface area contributed by atoms with E-state index < -0.39 is 11.7 Å². The molecule has 0 radical (unpaired) electrons. The molecule has 0 bridgehead atoms. The van der Waals surface area contributed by atoms with E-state index in [1.807, 2.05) is 24.3 Å². The summed E-state index contributed by atoms with van der Waals surface area (Å²) in [6.45, 7) is 5.31. The van der Waals surface area contributed by atoms with Crippen LogP contribution in [0.1, 0.15) is 43.5 Å². The topological polar surface area (TPSA) is 21.1 Å².